The zero-order valence-corrected chi connectivity index (χ0v) is 13.3. The van der Waals surface area contributed by atoms with Gasteiger partial charge in [0.05, 0.1) is 6.26 Å². The summed E-state index contributed by atoms with van der Waals surface area (Å²) in [5.74, 6) is -0.536. The van der Waals surface area contributed by atoms with Gasteiger partial charge in [0, 0.05) is 26.1 Å². The minimum atomic E-state index is -3.24. The van der Waals surface area contributed by atoms with Crippen LogP contribution < -0.4 is 15.4 Å². The molecular formula is C12H25N3O5S. The van der Waals surface area contributed by atoms with Gasteiger partial charge in [-0.05, 0) is 18.8 Å². The van der Waals surface area contributed by atoms with Crippen molar-refractivity contribution in [3.05, 3.63) is 0 Å². The number of rotatable bonds is 11. The smallest absolute Gasteiger partial charge is 0.314 e. The van der Waals surface area contributed by atoms with Crippen LogP contribution in [0.15, 0.2) is 0 Å². The molecule has 8 nitrogen and oxygen atoms in total. The van der Waals surface area contributed by atoms with Gasteiger partial charge in [-0.2, -0.15) is 0 Å². The topological polar surface area (TPSA) is 125 Å². The highest BCUT2D eigenvalue weighted by Gasteiger charge is 2.09. The van der Waals surface area contributed by atoms with Gasteiger partial charge in [-0.3, -0.25) is 4.79 Å². The highest BCUT2D eigenvalue weighted by atomic mass is 32.2. The first-order valence-corrected chi connectivity index (χ1v) is 8.82. The minimum absolute atomic E-state index is 0.141. The fourth-order valence-electron chi connectivity index (χ4n) is 1.74. The fraction of sp³-hybridized carbons (Fsp3) is 0.833. The largest absolute Gasteiger partial charge is 0.481 e. The van der Waals surface area contributed by atoms with Gasteiger partial charge in [0.1, 0.15) is 0 Å². The molecule has 2 amide bonds. The van der Waals surface area contributed by atoms with E-state index in [2.05, 4.69) is 15.4 Å². The Bertz CT molecular complexity index is 425. The number of hydrogen-bond acceptors (Lipinski definition) is 4. The van der Waals surface area contributed by atoms with Crippen molar-refractivity contribution in [1.29, 1.82) is 0 Å². The molecule has 0 aliphatic carbocycles. The Balaban J connectivity index is 3.70. The summed E-state index contributed by atoms with van der Waals surface area (Å²) in [6.45, 7) is 2.80. The highest BCUT2D eigenvalue weighted by Crippen LogP contribution is 2.14. The fourth-order valence-corrected chi connectivity index (χ4v) is 2.22. The first-order valence-electron chi connectivity index (χ1n) is 6.92. The average Bonchev–Trinajstić information content (AvgIpc) is 2.37. The molecule has 0 saturated carbocycles. The van der Waals surface area contributed by atoms with Crippen LogP contribution in [0.25, 0.3) is 0 Å². The van der Waals surface area contributed by atoms with Crippen LogP contribution in [-0.4, -0.2) is 51.4 Å². The van der Waals surface area contributed by atoms with Crippen LogP contribution in [0.4, 0.5) is 4.79 Å². The Labute approximate surface area is 125 Å². The number of hydrogen-bond donors (Lipinski definition) is 4. The molecule has 0 aliphatic heterocycles. The van der Waals surface area contributed by atoms with Crippen molar-refractivity contribution in [2.75, 3.05) is 25.9 Å². The zero-order chi connectivity index (χ0) is 16.3. The zero-order valence-electron chi connectivity index (χ0n) is 12.5. The molecule has 4 N–H and O–H groups in total. The summed E-state index contributed by atoms with van der Waals surface area (Å²) in [7, 11) is -3.24. The second-order valence-electron chi connectivity index (χ2n) is 4.84. The number of nitrogens with one attached hydrogen (secondary N) is 3. The maximum atomic E-state index is 11.4. The quantitative estimate of drug-likeness (QED) is 0.402. The van der Waals surface area contributed by atoms with E-state index < -0.39 is 16.0 Å². The van der Waals surface area contributed by atoms with Crippen LogP contribution in [0.2, 0.25) is 0 Å². The number of aliphatic carboxylic acids is 1. The second-order valence-corrected chi connectivity index (χ2v) is 6.68. The van der Waals surface area contributed by atoms with Gasteiger partial charge in [0.15, 0.2) is 0 Å². The number of carbonyl (C=O) groups excluding carboxylic acids is 1. The van der Waals surface area contributed by atoms with Crippen molar-refractivity contribution in [3.63, 3.8) is 0 Å². The van der Waals surface area contributed by atoms with Gasteiger partial charge in [0.25, 0.3) is 0 Å². The molecule has 0 radical (unpaired) electrons. The molecule has 0 aromatic heterocycles. The Kier molecular flexibility index (Phi) is 9.72. The number of carboxylic acid groups (broad SMARTS) is 1. The lowest BCUT2D eigenvalue weighted by Gasteiger charge is -2.14. The van der Waals surface area contributed by atoms with E-state index in [1.54, 1.807) is 0 Å². The van der Waals surface area contributed by atoms with Crippen molar-refractivity contribution >= 4 is 22.0 Å². The molecule has 0 heterocycles. The van der Waals surface area contributed by atoms with Crippen LogP contribution in [0, 0.1) is 5.92 Å². The molecule has 124 valence electrons. The van der Waals surface area contributed by atoms with E-state index in [1.807, 2.05) is 6.92 Å². The average molecular weight is 323 g/mol. The van der Waals surface area contributed by atoms with Crippen LogP contribution in [-0.2, 0) is 14.8 Å². The summed E-state index contributed by atoms with van der Waals surface area (Å²) in [4.78, 5) is 21.9. The van der Waals surface area contributed by atoms with Gasteiger partial charge in [-0.15, -0.1) is 0 Å². The van der Waals surface area contributed by atoms with Crippen molar-refractivity contribution in [2.24, 2.45) is 5.92 Å². The number of sulfonamides is 1. The van der Waals surface area contributed by atoms with Crippen LogP contribution in [0.1, 0.15) is 32.6 Å². The lowest BCUT2D eigenvalue weighted by atomic mass is 9.97. The minimum Gasteiger partial charge on any atom is -0.481 e. The van der Waals surface area contributed by atoms with Gasteiger partial charge >= 0.3 is 12.0 Å². The molecule has 1 unspecified atom stereocenters. The molecular weight excluding hydrogens is 298 g/mol. The summed E-state index contributed by atoms with van der Waals surface area (Å²) in [5, 5.41) is 13.8. The van der Waals surface area contributed by atoms with E-state index in [-0.39, 0.29) is 31.5 Å². The molecule has 0 spiro atoms. The molecule has 9 heteroatoms. The van der Waals surface area contributed by atoms with E-state index in [4.69, 9.17) is 5.11 Å². The molecule has 21 heavy (non-hydrogen) atoms. The van der Waals surface area contributed by atoms with Gasteiger partial charge in [-0.1, -0.05) is 13.3 Å². The SMILES string of the molecule is CCC(CCNC(=O)NCCNS(C)(=O)=O)CCC(=O)O. The van der Waals surface area contributed by atoms with E-state index >= 15 is 0 Å². The monoisotopic (exact) mass is 323 g/mol. The molecule has 0 rings (SSSR count). The van der Waals surface area contributed by atoms with E-state index in [0.717, 1.165) is 19.1 Å². The molecule has 0 aliphatic rings. The maximum absolute atomic E-state index is 11.4. The third-order valence-electron chi connectivity index (χ3n) is 2.96. The summed E-state index contributed by atoms with van der Waals surface area (Å²) in [6, 6.07) is -0.363. The van der Waals surface area contributed by atoms with Crippen molar-refractivity contribution in [2.45, 2.75) is 32.6 Å². The predicted molar refractivity (Wildman–Crippen MR) is 79.5 cm³/mol. The molecule has 0 bridgehead atoms. The van der Waals surface area contributed by atoms with Crippen molar-refractivity contribution in [1.82, 2.24) is 15.4 Å². The molecule has 0 aromatic rings. The van der Waals surface area contributed by atoms with Crippen molar-refractivity contribution < 1.29 is 23.1 Å². The maximum Gasteiger partial charge on any atom is 0.314 e. The molecule has 0 fully saturated rings. The third-order valence-corrected chi connectivity index (χ3v) is 3.69. The standard InChI is InChI=1S/C12H25N3O5S/c1-3-10(4-5-11(16)17)6-7-13-12(18)14-8-9-15-21(2,19)20/h10,15H,3-9H2,1-2H3,(H,16,17)(H2,13,14,18). The number of urea groups is 1. The third kappa shape index (κ3) is 13.4. The number of carbonyl (C=O) groups is 2. The summed E-state index contributed by atoms with van der Waals surface area (Å²) >= 11 is 0. The Morgan fingerprint density at radius 1 is 1.10 bits per heavy atom. The summed E-state index contributed by atoms with van der Waals surface area (Å²) in [5.41, 5.74) is 0. The van der Waals surface area contributed by atoms with Crippen molar-refractivity contribution in [3.8, 4) is 0 Å². The number of carboxylic acids is 1. The normalized spacial score (nSPS) is 12.7. The Morgan fingerprint density at radius 3 is 2.24 bits per heavy atom. The lowest BCUT2D eigenvalue weighted by molar-refractivity contribution is -0.137. The van der Waals surface area contributed by atoms with Crippen LogP contribution >= 0.6 is 0 Å². The van der Waals surface area contributed by atoms with E-state index in [1.165, 1.54) is 0 Å². The Hall–Kier alpha value is -1.35. The molecule has 1 atom stereocenters. The van der Waals surface area contributed by atoms with Gasteiger partial charge < -0.3 is 15.7 Å². The van der Waals surface area contributed by atoms with Crippen LogP contribution in [0.5, 0.6) is 0 Å². The lowest BCUT2D eigenvalue weighted by Crippen LogP contribution is -2.40. The molecule has 0 aromatic carbocycles. The Morgan fingerprint density at radius 2 is 1.71 bits per heavy atom. The van der Waals surface area contributed by atoms with Gasteiger partial charge in [-0.25, -0.2) is 17.9 Å². The first-order chi connectivity index (χ1) is 9.74. The summed E-state index contributed by atoms with van der Waals surface area (Å²) < 4.78 is 23.8. The predicted octanol–water partition coefficient (Wildman–Crippen LogP) is 0.116. The molecule has 0 saturated heterocycles. The number of amides is 2. The highest BCUT2D eigenvalue weighted by molar-refractivity contribution is 7.88. The van der Waals surface area contributed by atoms with Gasteiger partial charge in [0.2, 0.25) is 10.0 Å². The first kappa shape index (κ1) is 19.7. The van der Waals surface area contributed by atoms with E-state index in [0.29, 0.717) is 13.0 Å². The summed E-state index contributed by atoms with van der Waals surface area (Å²) in [6.07, 6.45) is 3.39. The second kappa shape index (κ2) is 10.4. The van der Waals surface area contributed by atoms with E-state index in [9.17, 15) is 18.0 Å². The van der Waals surface area contributed by atoms with Crippen LogP contribution in [0.3, 0.4) is 0 Å².